The van der Waals surface area contributed by atoms with Crippen molar-refractivity contribution in [3.8, 4) is 0 Å². The van der Waals surface area contributed by atoms with Gasteiger partial charge in [-0.05, 0) is 36.6 Å². The molecule has 1 aliphatic rings. The van der Waals surface area contributed by atoms with Crippen LogP contribution in [-0.4, -0.2) is 25.5 Å². The first-order valence-corrected chi connectivity index (χ1v) is 8.68. The largest absolute Gasteiger partial charge is 0.312 e. The summed E-state index contributed by atoms with van der Waals surface area (Å²) in [4.78, 5) is 13.3. The summed E-state index contributed by atoms with van der Waals surface area (Å²) in [5.74, 6) is 0.00902. The number of amides is 1. The Morgan fingerprint density at radius 1 is 1.47 bits per heavy atom. The predicted octanol–water partition coefficient (Wildman–Crippen LogP) is 2.08. The first-order chi connectivity index (χ1) is 8.93. The number of hydrogen-bond acceptors (Lipinski definition) is 3. The fourth-order valence-electron chi connectivity index (χ4n) is 2.19. The summed E-state index contributed by atoms with van der Waals surface area (Å²) in [6, 6.07) is 5.27. The van der Waals surface area contributed by atoms with E-state index in [0.29, 0.717) is 5.69 Å². The fourth-order valence-corrected chi connectivity index (χ4v) is 3.08. The van der Waals surface area contributed by atoms with Crippen molar-refractivity contribution in [2.45, 2.75) is 19.8 Å². The summed E-state index contributed by atoms with van der Waals surface area (Å²) in [5, 5.41) is 0. The maximum Gasteiger partial charge on any atom is 0.242 e. The molecule has 0 aromatic heterocycles. The van der Waals surface area contributed by atoms with Gasteiger partial charge < -0.3 is 4.90 Å². The van der Waals surface area contributed by atoms with Gasteiger partial charge in [-0.15, -0.1) is 0 Å². The Hall–Kier alpha value is -1.08. The standard InChI is InChI=1S/C12H15BrN2O3S/c1-9(16)15-6-2-3-10-7-11(4-5-12(10)15)14-19(17,18)8-13/h4-5,7,14H,2-3,6,8H2,1H3. The minimum atomic E-state index is -3.34. The van der Waals surface area contributed by atoms with Crippen molar-refractivity contribution >= 4 is 43.2 Å². The van der Waals surface area contributed by atoms with E-state index in [1.165, 1.54) is 6.92 Å². The molecule has 1 aromatic rings. The van der Waals surface area contributed by atoms with Gasteiger partial charge in [-0.1, -0.05) is 15.9 Å². The smallest absolute Gasteiger partial charge is 0.242 e. The number of carbonyl (C=O) groups is 1. The molecule has 1 N–H and O–H groups in total. The van der Waals surface area contributed by atoms with Crippen molar-refractivity contribution in [3.05, 3.63) is 23.8 Å². The number of benzene rings is 1. The monoisotopic (exact) mass is 346 g/mol. The Balaban J connectivity index is 2.32. The number of aryl methyl sites for hydroxylation is 1. The molecule has 2 rings (SSSR count). The molecule has 1 amide bonds. The molecule has 1 aromatic carbocycles. The van der Waals surface area contributed by atoms with E-state index < -0.39 is 10.0 Å². The second-order valence-electron chi connectivity index (χ2n) is 4.44. The highest BCUT2D eigenvalue weighted by Gasteiger charge is 2.20. The Bertz CT molecular complexity index is 601. The second kappa shape index (κ2) is 5.50. The van der Waals surface area contributed by atoms with Crippen molar-refractivity contribution in [1.82, 2.24) is 0 Å². The molecular weight excluding hydrogens is 332 g/mol. The van der Waals surface area contributed by atoms with Crippen LogP contribution in [0.5, 0.6) is 0 Å². The van der Waals surface area contributed by atoms with Crippen molar-refractivity contribution in [2.75, 3.05) is 20.8 Å². The van der Waals surface area contributed by atoms with Gasteiger partial charge in [0.25, 0.3) is 0 Å². The Morgan fingerprint density at radius 3 is 2.84 bits per heavy atom. The van der Waals surface area contributed by atoms with Crippen LogP contribution in [0.15, 0.2) is 18.2 Å². The number of carbonyl (C=O) groups excluding carboxylic acids is 1. The van der Waals surface area contributed by atoms with Gasteiger partial charge in [-0.3, -0.25) is 9.52 Å². The van der Waals surface area contributed by atoms with Crippen molar-refractivity contribution in [2.24, 2.45) is 0 Å². The number of nitrogens with zero attached hydrogens (tertiary/aromatic N) is 1. The maximum atomic E-state index is 11.5. The molecule has 0 saturated heterocycles. The van der Waals surface area contributed by atoms with Gasteiger partial charge in [0.05, 0.1) is 0 Å². The Morgan fingerprint density at radius 2 is 2.21 bits per heavy atom. The number of hydrogen-bond donors (Lipinski definition) is 1. The van der Waals surface area contributed by atoms with Gasteiger partial charge in [0.15, 0.2) is 0 Å². The summed E-state index contributed by atoms with van der Waals surface area (Å²) >= 11 is 2.93. The molecule has 104 valence electrons. The van der Waals surface area contributed by atoms with Crippen LogP contribution in [0.3, 0.4) is 0 Å². The number of rotatable bonds is 3. The lowest BCUT2D eigenvalue weighted by Crippen LogP contribution is -2.33. The first-order valence-electron chi connectivity index (χ1n) is 5.90. The molecule has 0 bridgehead atoms. The quantitative estimate of drug-likeness (QED) is 0.852. The molecule has 1 aliphatic heterocycles. The Kier molecular flexibility index (Phi) is 4.15. The fraction of sp³-hybridized carbons (Fsp3) is 0.417. The number of sulfonamides is 1. The third-order valence-corrected chi connectivity index (χ3v) is 5.64. The summed E-state index contributed by atoms with van der Waals surface area (Å²) < 4.78 is 25.3. The molecule has 0 atom stereocenters. The average Bonchev–Trinajstić information content (AvgIpc) is 2.37. The molecule has 0 radical (unpaired) electrons. The number of halogens is 1. The van der Waals surface area contributed by atoms with E-state index in [-0.39, 0.29) is 10.6 Å². The summed E-state index contributed by atoms with van der Waals surface area (Å²) in [6.07, 6.45) is 1.74. The van der Waals surface area contributed by atoms with E-state index in [1.54, 1.807) is 23.1 Å². The Labute approximate surface area is 121 Å². The number of nitrogens with one attached hydrogen (secondary N) is 1. The van der Waals surface area contributed by atoms with Crippen molar-refractivity contribution < 1.29 is 13.2 Å². The summed E-state index contributed by atoms with van der Waals surface area (Å²) in [7, 11) is -3.34. The summed E-state index contributed by atoms with van der Waals surface area (Å²) in [5.41, 5.74) is 2.40. The molecule has 0 aliphatic carbocycles. The lowest BCUT2D eigenvalue weighted by atomic mass is 10.0. The van der Waals surface area contributed by atoms with Crippen LogP contribution in [0.2, 0.25) is 0 Å². The van der Waals surface area contributed by atoms with Gasteiger partial charge in [0, 0.05) is 24.8 Å². The molecule has 7 heteroatoms. The maximum absolute atomic E-state index is 11.5. The normalized spacial score (nSPS) is 14.9. The zero-order chi connectivity index (χ0) is 14.0. The molecular formula is C12H15BrN2O3S. The third kappa shape index (κ3) is 3.27. The van der Waals surface area contributed by atoms with E-state index in [0.717, 1.165) is 30.6 Å². The SMILES string of the molecule is CC(=O)N1CCCc2cc(NS(=O)(=O)CBr)ccc21. The van der Waals surface area contributed by atoms with E-state index >= 15 is 0 Å². The van der Waals surface area contributed by atoms with Crippen molar-refractivity contribution in [1.29, 1.82) is 0 Å². The second-order valence-corrected chi connectivity index (χ2v) is 7.47. The van der Waals surface area contributed by atoms with Crippen molar-refractivity contribution in [3.63, 3.8) is 0 Å². The molecule has 19 heavy (non-hydrogen) atoms. The van der Waals surface area contributed by atoms with Crippen LogP contribution in [0.25, 0.3) is 0 Å². The van der Waals surface area contributed by atoms with E-state index in [1.807, 2.05) is 0 Å². The van der Waals surface area contributed by atoms with Gasteiger partial charge in [-0.25, -0.2) is 8.42 Å². The van der Waals surface area contributed by atoms with E-state index in [2.05, 4.69) is 20.7 Å². The average molecular weight is 347 g/mol. The van der Waals surface area contributed by atoms with Crippen LogP contribution in [0.1, 0.15) is 18.9 Å². The lowest BCUT2D eigenvalue weighted by Gasteiger charge is -2.29. The molecule has 5 nitrogen and oxygen atoms in total. The third-order valence-electron chi connectivity index (χ3n) is 3.00. The minimum Gasteiger partial charge on any atom is -0.312 e. The van der Waals surface area contributed by atoms with Crippen LogP contribution < -0.4 is 9.62 Å². The number of fused-ring (bicyclic) bond motifs is 1. The van der Waals surface area contributed by atoms with Gasteiger partial charge >= 0.3 is 0 Å². The highest BCUT2D eigenvalue weighted by molar-refractivity contribution is 9.10. The van der Waals surface area contributed by atoms with Gasteiger partial charge in [0.2, 0.25) is 15.9 Å². The zero-order valence-corrected chi connectivity index (χ0v) is 12.9. The van der Waals surface area contributed by atoms with Gasteiger partial charge in [0.1, 0.15) is 4.66 Å². The lowest BCUT2D eigenvalue weighted by molar-refractivity contribution is -0.116. The topological polar surface area (TPSA) is 66.5 Å². The van der Waals surface area contributed by atoms with Crippen LogP contribution >= 0.6 is 15.9 Å². The number of alkyl halides is 1. The molecule has 1 heterocycles. The van der Waals surface area contributed by atoms with E-state index in [4.69, 9.17) is 0 Å². The summed E-state index contributed by atoms with van der Waals surface area (Å²) in [6.45, 7) is 2.26. The number of anilines is 2. The zero-order valence-electron chi connectivity index (χ0n) is 10.5. The minimum absolute atomic E-state index is 0.00902. The highest BCUT2D eigenvalue weighted by Crippen LogP contribution is 2.30. The van der Waals surface area contributed by atoms with Crippen LogP contribution in [0, 0.1) is 0 Å². The van der Waals surface area contributed by atoms with E-state index in [9.17, 15) is 13.2 Å². The molecule has 0 spiro atoms. The molecule has 0 fully saturated rings. The molecule has 0 saturated carbocycles. The van der Waals surface area contributed by atoms with Crippen LogP contribution in [0.4, 0.5) is 11.4 Å². The highest BCUT2D eigenvalue weighted by atomic mass is 79.9. The molecule has 0 unspecified atom stereocenters. The van der Waals surface area contributed by atoms with Gasteiger partial charge in [-0.2, -0.15) is 0 Å². The first kappa shape index (κ1) is 14.3. The van der Waals surface area contributed by atoms with Crippen LogP contribution in [-0.2, 0) is 21.2 Å². The predicted molar refractivity (Wildman–Crippen MR) is 79.1 cm³/mol.